The number of rotatable bonds is 3. The molecular formula is C11H15N5O2. The molecule has 0 aromatic carbocycles. The van der Waals surface area contributed by atoms with Gasteiger partial charge in [-0.15, -0.1) is 0 Å². The van der Waals surface area contributed by atoms with Crippen LogP contribution in [0.2, 0.25) is 0 Å². The summed E-state index contributed by atoms with van der Waals surface area (Å²) in [5.41, 5.74) is 2.91. The van der Waals surface area contributed by atoms with E-state index in [0.717, 1.165) is 0 Å². The minimum atomic E-state index is -0.268. The molecule has 1 saturated heterocycles. The molecule has 1 aromatic heterocycles. The minimum Gasteiger partial charge on any atom is -0.307 e. The number of imide groups is 1. The summed E-state index contributed by atoms with van der Waals surface area (Å²) in [5.74, 6) is 4.75. The zero-order valence-electron chi connectivity index (χ0n) is 10.3. The zero-order valence-corrected chi connectivity index (χ0v) is 10.3. The highest BCUT2D eigenvalue weighted by atomic mass is 16.2. The monoisotopic (exact) mass is 249 g/mol. The summed E-state index contributed by atoms with van der Waals surface area (Å²) in [6.45, 7) is 3.68. The smallest absolute Gasteiger partial charge is 0.233 e. The molecule has 0 aliphatic carbocycles. The second-order valence-corrected chi connectivity index (χ2v) is 4.38. The van der Waals surface area contributed by atoms with Crippen LogP contribution < -0.4 is 11.3 Å². The first-order valence-corrected chi connectivity index (χ1v) is 5.67. The molecule has 7 nitrogen and oxygen atoms in total. The lowest BCUT2D eigenvalue weighted by molar-refractivity contribution is -0.140. The van der Waals surface area contributed by atoms with Gasteiger partial charge < -0.3 is 5.43 Å². The number of hydrazine groups is 1. The fourth-order valence-electron chi connectivity index (χ4n) is 1.86. The molecule has 0 spiro atoms. The van der Waals surface area contributed by atoms with Crippen LogP contribution in [0.5, 0.6) is 0 Å². The molecule has 1 aromatic rings. The van der Waals surface area contributed by atoms with Crippen LogP contribution in [0.3, 0.4) is 0 Å². The van der Waals surface area contributed by atoms with Gasteiger partial charge in [0.2, 0.25) is 11.8 Å². The van der Waals surface area contributed by atoms with Crippen LogP contribution in [-0.4, -0.2) is 26.7 Å². The molecule has 0 bridgehead atoms. The molecule has 7 heteroatoms. The van der Waals surface area contributed by atoms with Crippen molar-refractivity contribution in [1.82, 2.24) is 14.9 Å². The minimum absolute atomic E-state index is 0.157. The van der Waals surface area contributed by atoms with Crippen LogP contribution in [0.4, 0.5) is 5.82 Å². The van der Waals surface area contributed by atoms with Crippen LogP contribution in [0.25, 0.3) is 0 Å². The molecule has 3 N–H and O–H groups in total. The number of nitrogen functional groups attached to an aromatic ring is 1. The van der Waals surface area contributed by atoms with Gasteiger partial charge in [-0.2, -0.15) is 0 Å². The van der Waals surface area contributed by atoms with Crippen LogP contribution in [0, 0.1) is 11.8 Å². The third kappa shape index (κ3) is 2.04. The number of carbonyl (C=O) groups is 2. The average molecular weight is 249 g/mol. The van der Waals surface area contributed by atoms with Gasteiger partial charge in [-0.3, -0.25) is 19.5 Å². The lowest BCUT2D eigenvalue weighted by atomic mass is 10.00. The third-order valence-electron chi connectivity index (χ3n) is 3.23. The van der Waals surface area contributed by atoms with E-state index in [9.17, 15) is 9.59 Å². The number of anilines is 1. The summed E-state index contributed by atoms with van der Waals surface area (Å²) in [6, 6.07) is 0. The topological polar surface area (TPSA) is 101 Å². The fraction of sp³-hybridized carbons (Fsp3) is 0.455. The Morgan fingerprint density at radius 1 is 1.22 bits per heavy atom. The van der Waals surface area contributed by atoms with E-state index in [1.54, 1.807) is 13.8 Å². The van der Waals surface area contributed by atoms with E-state index >= 15 is 0 Å². The highest BCUT2D eigenvalue weighted by Crippen LogP contribution is 2.26. The Balaban J connectivity index is 2.13. The molecule has 1 aliphatic heterocycles. The van der Waals surface area contributed by atoms with E-state index in [-0.39, 0.29) is 30.2 Å². The van der Waals surface area contributed by atoms with E-state index in [1.165, 1.54) is 17.3 Å². The molecule has 2 unspecified atom stereocenters. The number of aromatic nitrogens is 2. The molecule has 0 radical (unpaired) electrons. The molecule has 0 saturated carbocycles. The highest BCUT2D eigenvalue weighted by molar-refractivity contribution is 6.04. The van der Waals surface area contributed by atoms with Gasteiger partial charge >= 0.3 is 0 Å². The highest BCUT2D eigenvalue weighted by Gasteiger charge is 2.42. The molecule has 96 valence electrons. The van der Waals surface area contributed by atoms with Crippen molar-refractivity contribution < 1.29 is 9.59 Å². The zero-order chi connectivity index (χ0) is 13.3. The SMILES string of the molecule is CC1C(=O)N(Cc2cnc(NN)cn2)C(=O)C1C. The largest absolute Gasteiger partial charge is 0.307 e. The molecule has 2 heterocycles. The predicted molar refractivity (Wildman–Crippen MR) is 63.7 cm³/mol. The van der Waals surface area contributed by atoms with E-state index < -0.39 is 0 Å². The average Bonchev–Trinajstić information content (AvgIpc) is 2.57. The van der Waals surface area contributed by atoms with Gasteiger partial charge in [0, 0.05) is 11.8 Å². The molecule has 2 amide bonds. The second kappa shape index (κ2) is 4.69. The summed E-state index contributed by atoms with van der Waals surface area (Å²) in [5, 5.41) is 0. The van der Waals surface area contributed by atoms with Crippen molar-refractivity contribution in [1.29, 1.82) is 0 Å². The standard InChI is InChI=1S/C11H15N5O2/c1-6-7(2)11(18)16(10(6)17)5-8-3-14-9(15-12)4-13-8/h3-4,6-7H,5,12H2,1-2H3,(H,14,15). The maximum Gasteiger partial charge on any atom is 0.233 e. The first-order chi connectivity index (χ1) is 8.54. The summed E-state index contributed by atoms with van der Waals surface area (Å²) in [6.07, 6.45) is 2.94. The van der Waals surface area contributed by atoms with Crippen molar-refractivity contribution in [2.24, 2.45) is 17.7 Å². The Labute approximate surface area is 104 Å². The Morgan fingerprint density at radius 3 is 2.28 bits per heavy atom. The lowest BCUT2D eigenvalue weighted by Crippen LogP contribution is -2.30. The lowest BCUT2D eigenvalue weighted by Gasteiger charge is -2.13. The number of amides is 2. The van der Waals surface area contributed by atoms with Crippen LogP contribution in [0.1, 0.15) is 19.5 Å². The number of carbonyl (C=O) groups excluding carboxylic acids is 2. The van der Waals surface area contributed by atoms with Crippen molar-refractivity contribution in [2.75, 3.05) is 5.43 Å². The predicted octanol–water partition coefficient (Wildman–Crippen LogP) is -0.0968. The number of nitrogens with zero attached hydrogens (tertiary/aromatic N) is 3. The number of nitrogens with one attached hydrogen (secondary N) is 1. The van der Waals surface area contributed by atoms with Crippen molar-refractivity contribution in [3.63, 3.8) is 0 Å². The maximum atomic E-state index is 11.9. The van der Waals surface area contributed by atoms with Gasteiger partial charge in [0.15, 0.2) is 5.82 Å². The van der Waals surface area contributed by atoms with Gasteiger partial charge in [-0.1, -0.05) is 13.8 Å². The van der Waals surface area contributed by atoms with E-state index in [0.29, 0.717) is 11.5 Å². The first kappa shape index (κ1) is 12.4. The van der Waals surface area contributed by atoms with Crippen LogP contribution in [-0.2, 0) is 16.1 Å². The molecule has 18 heavy (non-hydrogen) atoms. The molecule has 2 atom stereocenters. The number of likely N-dealkylation sites (tertiary alicyclic amines) is 1. The Kier molecular flexibility index (Phi) is 3.24. The molecule has 1 fully saturated rings. The molecular weight excluding hydrogens is 234 g/mol. The van der Waals surface area contributed by atoms with Gasteiger partial charge in [0.25, 0.3) is 0 Å². The van der Waals surface area contributed by atoms with Crippen molar-refractivity contribution in [3.8, 4) is 0 Å². The van der Waals surface area contributed by atoms with Gasteiger partial charge in [0.1, 0.15) is 0 Å². The Hall–Kier alpha value is -2.02. The normalized spacial score (nSPS) is 23.6. The fourth-order valence-corrected chi connectivity index (χ4v) is 1.86. The van der Waals surface area contributed by atoms with Crippen LogP contribution >= 0.6 is 0 Å². The van der Waals surface area contributed by atoms with Gasteiger partial charge in [-0.25, -0.2) is 10.8 Å². The third-order valence-corrected chi connectivity index (χ3v) is 3.23. The van der Waals surface area contributed by atoms with E-state index in [4.69, 9.17) is 5.84 Å². The second-order valence-electron chi connectivity index (χ2n) is 4.38. The van der Waals surface area contributed by atoms with E-state index in [1.807, 2.05) is 0 Å². The summed E-state index contributed by atoms with van der Waals surface area (Å²) in [4.78, 5) is 33.0. The van der Waals surface area contributed by atoms with Crippen molar-refractivity contribution in [2.45, 2.75) is 20.4 Å². The number of hydrogen-bond acceptors (Lipinski definition) is 6. The number of nitrogens with two attached hydrogens (primary N) is 1. The summed E-state index contributed by atoms with van der Waals surface area (Å²) < 4.78 is 0. The first-order valence-electron chi connectivity index (χ1n) is 5.67. The van der Waals surface area contributed by atoms with Gasteiger partial charge in [-0.05, 0) is 0 Å². The van der Waals surface area contributed by atoms with Crippen molar-refractivity contribution in [3.05, 3.63) is 18.1 Å². The quantitative estimate of drug-likeness (QED) is 0.441. The Morgan fingerprint density at radius 2 is 1.83 bits per heavy atom. The summed E-state index contributed by atoms with van der Waals surface area (Å²) >= 11 is 0. The molecule has 1 aliphatic rings. The van der Waals surface area contributed by atoms with Crippen molar-refractivity contribution >= 4 is 17.6 Å². The maximum absolute atomic E-state index is 11.9. The van der Waals surface area contributed by atoms with Crippen LogP contribution in [0.15, 0.2) is 12.4 Å². The number of hydrogen-bond donors (Lipinski definition) is 2. The summed E-state index contributed by atoms with van der Waals surface area (Å²) in [7, 11) is 0. The Bertz CT molecular complexity index is 453. The van der Waals surface area contributed by atoms with Gasteiger partial charge in [0.05, 0.1) is 24.6 Å². The molecule has 2 rings (SSSR count). The van der Waals surface area contributed by atoms with E-state index in [2.05, 4.69) is 15.4 Å².